The number of nitrogens with zero attached hydrogens (tertiary/aromatic N) is 3. The van der Waals surface area contributed by atoms with E-state index in [0.29, 0.717) is 33.6 Å². The first kappa shape index (κ1) is 33.8. The summed E-state index contributed by atoms with van der Waals surface area (Å²) in [5, 5.41) is 2.17. The minimum absolute atomic E-state index is 0. The van der Waals surface area contributed by atoms with Crippen molar-refractivity contribution in [3.05, 3.63) is 144 Å². The molecule has 4 aromatic heterocycles. The number of halogens is 1. The molecule has 0 atom stereocenters. The van der Waals surface area contributed by atoms with E-state index in [4.69, 9.17) is 6.85 Å². The fraction of sp³-hybridized carbons (Fsp3) is 0.298. The van der Waals surface area contributed by atoms with E-state index in [1.54, 1.807) is 23.6 Å². The first-order valence-electron chi connectivity index (χ1n) is 20.9. The van der Waals surface area contributed by atoms with Crippen LogP contribution in [0.4, 0.5) is 4.39 Å². The summed E-state index contributed by atoms with van der Waals surface area (Å²) in [6, 6.07) is 28.1. The van der Waals surface area contributed by atoms with Crippen LogP contribution in [0.15, 0.2) is 104 Å². The van der Waals surface area contributed by atoms with E-state index in [-0.39, 0.29) is 31.8 Å². The average molecular weight is 976 g/mol. The molecule has 1 fully saturated rings. The number of benzene rings is 3. The van der Waals surface area contributed by atoms with Gasteiger partial charge in [0.15, 0.2) is 0 Å². The van der Waals surface area contributed by atoms with Crippen molar-refractivity contribution in [2.24, 2.45) is 5.92 Å². The average Bonchev–Trinajstić information content (AvgIpc) is 3.60. The Kier molecular flexibility index (Phi) is 11.2. The second kappa shape index (κ2) is 17.9. The quantitative estimate of drug-likeness (QED) is 0.113. The van der Waals surface area contributed by atoms with Crippen molar-refractivity contribution in [3.63, 3.8) is 0 Å². The SMILES string of the molecule is [2H]C(C)(C)c1ccc2c(c1)sc1c(-c3cc(C([2H])([2H])C4CCCCC4)ccn3)[c-]ncc12.[2H]C([2H])(c1ccccc1)c1cc(-c2[c-]cc(F)cc2)nc[c]1[Ge]([CH3])([CH3])[CH3].[Ir]. The summed E-state index contributed by atoms with van der Waals surface area (Å²) < 4.78 is 60.1. The zero-order valence-corrected chi connectivity index (χ0v) is 36.7. The number of pyridine rings is 3. The first-order valence-corrected chi connectivity index (χ1v) is 26.5. The Morgan fingerprint density at radius 1 is 0.889 bits per heavy atom. The fourth-order valence-electron chi connectivity index (χ4n) is 6.81. The molecule has 1 aliphatic rings. The van der Waals surface area contributed by atoms with Crippen molar-refractivity contribution >= 4 is 49.2 Å². The van der Waals surface area contributed by atoms with Gasteiger partial charge in [-0.2, -0.15) is 11.3 Å². The number of hydrogen-bond acceptors (Lipinski definition) is 4. The van der Waals surface area contributed by atoms with Crippen molar-refractivity contribution in [1.29, 1.82) is 0 Å². The Morgan fingerprint density at radius 3 is 2.41 bits per heavy atom. The van der Waals surface area contributed by atoms with Crippen LogP contribution in [0.3, 0.4) is 0 Å². The molecule has 0 bridgehead atoms. The maximum absolute atomic E-state index is 13.2. The van der Waals surface area contributed by atoms with Gasteiger partial charge in [-0.3, -0.25) is 0 Å². The summed E-state index contributed by atoms with van der Waals surface area (Å²) in [5.74, 6) is 5.73. The fourth-order valence-corrected chi connectivity index (χ4v) is 11.0. The van der Waals surface area contributed by atoms with Crippen molar-refractivity contribution in [2.45, 2.75) is 81.9 Å². The second-order valence-corrected chi connectivity index (χ2v) is 26.6. The third-order valence-corrected chi connectivity index (χ3v) is 15.1. The molecule has 0 amide bonds. The molecule has 0 unspecified atom stereocenters. The van der Waals surface area contributed by atoms with Crippen LogP contribution >= 0.6 is 11.3 Å². The molecule has 3 nitrogen and oxygen atoms in total. The molecule has 7 heteroatoms. The number of hydrogen-bond donors (Lipinski definition) is 0. The molecule has 7 aromatic rings. The molecule has 3 aromatic carbocycles. The van der Waals surface area contributed by atoms with Gasteiger partial charge in [0.05, 0.1) is 0 Å². The van der Waals surface area contributed by atoms with Gasteiger partial charge in [0.25, 0.3) is 0 Å². The van der Waals surface area contributed by atoms with Crippen molar-refractivity contribution < 1.29 is 31.3 Å². The van der Waals surface area contributed by atoms with Crippen molar-refractivity contribution in [2.75, 3.05) is 0 Å². The molecular formula is C47H48FGeIrN3S-2. The molecule has 4 heterocycles. The molecule has 0 aliphatic heterocycles. The predicted octanol–water partition coefficient (Wildman–Crippen LogP) is 12.4. The van der Waals surface area contributed by atoms with Gasteiger partial charge in [0.2, 0.25) is 0 Å². The zero-order chi connectivity index (χ0) is 41.5. The number of fused-ring (bicyclic) bond motifs is 3. The third kappa shape index (κ3) is 9.63. The van der Waals surface area contributed by atoms with Crippen molar-refractivity contribution in [3.8, 4) is 22.5 Å². The molecule has 0 spiro atoms. The normalized spacial score (nSPS) is 15.6. The molecule has 1 aliphatic carbocycles. The Balaban J connectivity index is 0.000000199. The molecule has 54 heavy (non-hydrogen) atoms. The van der Waals surface area contributed by atoms with Crippen LogP contribution in [-0.4, -0.2) is 28.2 Å². The van der Waals surface area contributed by atoms with E-state index >= 15 is 0 Å². The summed E-state index contributed by atoms with van der Waals surface area (Å²) in [5.41, 5.74) is 5.74. The van der Waals surface area contributed by atoms with Crippen LogP contribution in [0.1, 0.15) is 81.0 Å². The Labute approximate surface area is 347 Å². The summed E-state index contributed by atoms with van der Waals surface area (Å²) >= 11 is -0.705. The van der Waals surface area contributed by atoms with Crippen LogP contribution in [0.25, 0.3) is 42.7 Å². The Bertz CT molecular complexity index is 2550. The molecule has 1 saturated carbocycles. The Morgan fingerprint density at radius 2 is 1.69 bits per heavy atom. The van der Waals surface area contributed by atoms with E-state index in [2.05, 4.69) is 56.6 Å². The van der Waals surface area contributed by atoms with Gasteiger partial charge in [-0.1, -0.05) is 80.7 Å². The summed E-state index contributed by atoms with van der Waals surface area (Å²) in [6.07, 6.45) is 10.8. The van der Waals surface area contributed by atoms with Crippen LogP contribution < -0.4 is 4.40 Å². The third-order valence-electron chi connectivity index (χ3n) is 9.71. The molecule has 0 N–H and O–H groups in total. The van der Waals surface area contributed by atoms with Gasteiger partial charge < -0.3 is 9.97 Å². The Hall–Kier alpha value is -3.55. The van der Waals surface area contributed by atoms with Gasteiger partial charge in [-0.25, -0.2) is 0 Å². The van der Waals surface area contributed by atoms with E-state index in [1.807, 2.05) is 80.8 Å². The predicted molar refractivity (Wildman–Crippen MR) is 224 cm³/mol. The molecular weight excluding hydrogens is 922 g/mol. The molecule has 1 radical (unpaired) electrons. The van der Waals surface area contributed by atoms with Crippen LogP contribution in [-0.2, 0) is 32.9 Å². The maximum Gasteiger partial charge on any atom is 0 e. The number of thiophene rings is 1. The molecule has 279 valence electrons. The van der Waals surface area contributed by atoms with Gasteiger partial charge in [0, 0.05) is 35.1 Å². The van der Waals surface area contributed by atoms with E-state index < -0.39 is 31.9 Å². The summed E-state index contributed by atoms with van der Waals surface area (Å²) in [7, 11) is 0. The first-order chi connectivity index (χ1) is 27.4. The van der Waals surface area contributed by atoms with Gasteiger partial charge in [0.1, 0.15) is 0 Å². The van der Waals surface area contributed by atoms with Gasteiger partial charge in [-0.15, -0.1) is 0 Å². The van der Waals surface area contributed by atoms with Crippen LogP contribution in [0, 0.1) is 24.0 Å². The number of rotatable bonds is 8. The number of aromatic nitrogens is 3. The minimum atomic E-state index is -2.37. The van der Waals surface area contributed by atoms with E-state index in [1.165, 1.54) is 18.6 Å². The topological polar surface area (TPSA) is 38.7 Å². The largest absolute Gasteiger partial charge is 0 e. The molecule has 8 rings (SSSR count). The van der Waals surface area contributed by atoms with E-state index in [9.17, 15) is 4.39 Å². The van der Waals surface area contributed by atoms with Crippen LogP contribution in [0.5, 0.6) is 0 Å². The standard InChI is InChI=1S/C26H27N2S.C21H21FGeN.Ir/c1-17(2)20-8-9-21-22-15-27-16-23(26(22)29-25(21)14-20)24-13-19(10-11-28-24)12-18-6-4-3-5-7-18;1-23(2,3)20-15-24-21(17-9-11-19(22)12-10-17)14-18(20)13-16-7-5-4-6-8-16;/h8-11,13-15,17-18H,3-7,12H2,1-2H3;4-9,11-12,14-15H,13H2,1-3H3;/q2*-1;/i12D2,17D;13D2;. The second-order valence-electron chi connectivity index (χ2n) is 15.0. The maximum atomic E-state index is 13.2. The van der Waals surface area contributed by atoms with Crippen LogP contribution in [0.2, 0.25) is 17.3 Å². The van der Waals surface area contributed by atoms with Gasteiger partial charge in [-0.05, 0) is 64.1 Å². The summed E-state index contributed by atoms with van der Waals surface area (Å²) in [4.78, 5) is 13.5. The van der Waals surface area contributed by atoms with Crippen molar-refractivity contribution in [1.82, 2.24) is 15.0 Å². The van der Waals surface area contributed by atoms with Gasteiger partial charge >= 0.3 is 148 Å². The summed E-state index contributed by atoms with van der Waals surface area (Å²) in [6.45, 7) is 3.80. The smallest absolute Gasteiger partial charge is 0 e. The monoisotopic (exact) mass is 977 g/mol. The van der Waals surface area contributed by atoms with E-state index in [0.717, 1.165) is 61.4 Å². The minimum Gasteiger partial charge on any atom is 0 e. The molecule has 0 saturated heterocycles. The zero-order valence-electron chi connectivity index (χ0n) is 36.4.